The lowest BCUT2D eigenvalue weighted by atomic mass is 10.0. The highest BCUT2D eigenvalue weighted by molar-refractivity contribution is 7.98. The van der Waals surface area contributed by atoms with Gasteiger partial charge in [-0.05, 0) is 44.0 Å². The van der Waals surface area contributed by atoms with Crippen LogP contribution in [0.25, 0.3) is 0 Å². The van der Waals surface area contributed by atoms with E-state index in [-0.39, 0.29) is 11.9 Å². The van der Waals surface area contributed by atoms with Crippen molar-refractivity contribution in [3.05, 3.63) is 45.9 Å². The molecule has 0 spiro atoms. The molecule has 1 amide bonds. The first kappa shape index (κ1) is 17.9. The second kappa shape index (κ2) is 8.01. The van der Waals surface area contributed by atoms with Gasteiger partial charge in [-0.25, -0.2) is 4.98 Å². The third-order valence-corrected chi connectivity index (χ3v) is 6.19. The number of aliphatic carboxylic acids is 1. The molecule has 0 aliphatic heterocycles. The average Bonchev–Trinajstić information content (AvgIpc) is 3.22. The number of amides is 1. The van der Waals surface area contributed by atoms with Crippen molar-refractivity contribution in [3.63, 3.8) is 0 Å². The highest BCUT2D eigenvalue weighted by atomic mass is 32.2. The number of aryl methyl sites for hydroxylation is 1. The summed E-state index contributed by atoms with van der Waals surface area (Å²) in [6, 6.07) is 7.14. The summed E-state index contributed by atoms with van der Waals surface area (Å²) in [5, 5.41) is 15.2. The van der Waals surface area contributed by atoms with E-state index in [1.807, 2.05) is 19.1 Å². The third-order valence-electron chi connectivity index (χ3n) is 4.32. The number of thiazole rings is 1. The van der Waals surface area contributed by atoms with Crippen LogP contribution in [0.3, 0.4) is 0 Å². The van der Waals surface area contributed by atoms with Crippen LogP contribution in [0.15, 0.2) is 34.5 Å². The van der Waals surface area contributed by atoms with E-state index >= 15 is 0 Å². The zero-order valence-electron chi connectivity index (χ0n) is 13.9. The molecular formula is C18H20N2O3S2. The minimum Gasteiger partial charge on any atom is -0.481 e. The Morgan fingerprint density at radius 3 is 2.72 bits per heavy atom. The molecule has 5 nitrogen and oxygen atoms in total. The van der Waals surface area contributed by atoms with Gasteiger partial charge in [-0.15, -0.1) is 23.1 Å². The van der Waals surface area contributed by atoms with Crippen LogP contribution in [0.4, 0.5) is 0 Å². The van der Waals surface area contributed by atoms with Crippen molar-refractivity contribution in [3.8, 4) is 0 Å². The Balaban J connectivity index is 1.56. The molecule has 0 unspecified atom stereocenters. The summed E-state index contributed by atoms with van der Waals surface area (Å²) < 4.78 is 0. The fourth-order valence-electron chi connectivity index (χ4n) is 3.01. The molecule has 1 aliphatic rings. The number of carbonyl (C=O) groups is 2. The quantitative estimate of drug-likeness (QED) is 0.751. The Labute approximate surface area is 154 Å². The molecule has 3 rings (SSSR count). The second-order valence-corrected chi connectivity index (χ2v) is 8.24. The molecule has 7 heteroatoms. The lowest BCUT2D eigenvalue weighted by molar-refractivity contribution is -0.142. The van der Waals surface area contributed by atoms with Gasteiger partial charge in [-0.3, -0.25) is 9.59 Å². The van der Waals surface area contributed by atoms with Gasteiger partial charge >= 0.3 is 5.97 Å². The fourth-order valence-corrected chi connectivity index (χ4v) is 4.52. The van der Waals surface area contributed by atoms with Crippen molar-refractivity contribution in [2.24, 2.45) is 5.92 Å². The lowest BCUT2D eigenvalue weighted by Crippen LogP contribution is -2.40. The third kappa shape index (κ3) is 4.61. The summed E-state index contributed by atoms with van der Waals surface area (Å²) >= 11 is 3.32. The van der Waals surface area contributed by atoms with Crippen LogP contribution in [-0.2, 0) is 10.5 Å². The standard InChI is InChI=1S/C18H20N2O3S2/c1-11-19-13(9-24-11)10-25-14-7-5-12(6-8-14)17(21)20-16-4-2-3-15(16)18(22)23/h5-9,15-16H,2-4,10H2,1H3,(H,20,21)(H,22,23)/t15-,16+/m0/s1. The molecule has 1 aliphatic carbocycles. The van der Waals surface area contributed by atoms with Gasteiger partial charge in [0.1, 0.15) is 0 Å². The fraction of sp³-hybridized carbons (Fsp3) is 0.389. The normalized spacial score (nSPS) is 19.7. The molecule has 1 heterocycles. The summed E-state index contributed by atoms with van der Waals surface area (Å²) in [6.07, 6.45) is 2.20. The molecule has 1 aromatic carbocycles. The maximum Gasteiger partial charge on any atom is 0.308 e. The molecule has 132 valence electrons. The summed E-state index contributed by atoms with van der Waals surface area (Å²) in [4.78, 5) is 29.1. The zero-order chi connectivity index (χ0) is 17.8. The smallest absolute Gasteiger partial charge is 0.308 e. The van der Waals surface area contributed by atoms with E-state index in [2.05, 4.69) is 15.7 Å². The van der Waals surface area contributed by atoms with Crippen molar-refractivity contribution in [2.75, 3.05) is 0 Å². The highest BCUT2D eigenvalue weighted by Crippen LogP contribution is 2.27. The first-order chi connectivity index (χ1) is 12.0. The van der Waals surface area contributed by atoms with Crippen LogP contribution in [0.5, 0.6) is 0 Å². The van der Waals surface area contributed by atoms with E-state index in [0.717, 1.165) is 34.2 Å². The van der Waals surface area contributed by atoms with E-state index in [1.165, 1.54) is 0 Å². The van der Waals surface area contributed by atoms with E-state index in [9.17, 15) is 14.7 Å². The number of carboxylic acid groups (broad SMARTS) is 1. The number of benzene rings is 1. The predicted molar refractivity (Wildman–Crippen MR) is 99.1 cm³/mol. The Hall–Kier alpha value is -1.86. The summed E-state index contributed by atoms with van der Waals surface area (Å²) in [5.74, 6) is -0.699. The maximum atomic E-state index is 12.3. The summed E-state index contributed by atoms with van der Waals surface area (Å²) in [5.41, 5.74) is 1.63. The van der Waals surface area contributed by atoms with Crippen molar-refractivity contribution in [1.82, 2.24) is 10.3 Å². The molecular weight excluding hydrogens is 356 g/mol. The Kier molecular flexibility index (Phi) is 5.75. The number of aromatic nitrogens is 1. The van der Waals surface area contributed by atoms with Gasteiger partial charge in [0.2, 0.25) is 0 Å². The van der Waals surface area contributed by atoms with Crippen molar-refractivity contribution < 1.29 is 14.7 Å². The number of carbonyl (C=O) groups excluding carboxylic acids is 1. The van der Waals surface area contributed by atoms with Crippen molar-refractivity contribution in [2.45, 2.75) is 42.9 Å². The number of rotatable bonds is 6. The monoisotopic (exact) mass is 376 g/mol. The molecule has 25 heavy (non-hydrogen) atoms. The molecule has 2 N–H and O–H groups in total. The van der Waals surface area contributed by atoms with E-state index in [4.69, 9.17) is 0 Å². The SMILES string of the molecule is Cc1nc(CSc2ccc(C(=O)N[C@@H]3CCC[C@@H]3C(=O)O)cc2)cs1. The first-order valence-electron chi connectivity index (χ1n) is 8.20. The van der Waals surface area contributed by atoms with Gasteiger partial charge in [0.05, 0.1) is 16.6 Å². The van der Waals surface area contributed by atoms with Gasteiger partial charge in [0, 0.05) is 27.6 Å². The molecule has 1 saturated carbocycles. The van der Waals surface area contributed by atoms with Crippen molar-refractivity contribution >= 4 is 35.0 Å². The summed E-state index contributed by atoms with van der Waals surface area (Å²) in [7, 11) is 0. The summed E-state index contributed by atoms with van der Waals surface area (Å²) in [6.45, 7) is 1.99. The maximum absolute atomic E-state index is 12.3. The van der Waals surface area contributed by atoms with Crippen LogP contribution in [-0.4, -0.2) is 28.0 Å². The van der Waals surface area contributed by atoms with Gasteiger partial charge in [0.25, 0.3) is 5.91 Å². The Bertz CT molecular complexity index is 758. The topological polar surface area (TPSA) is 79.3 Å². The average molecular weight is 377 g/mol. The number of thioether (sulfide) groups is 1. The molecule has 1 aromatic heterocycles. The van der Waals surface area contributed by atoms with Crippen molar-refractivity contribution in [1.29, 1.82) is 0 Å². The Morgan fingerprint density at radius 1 is 1.32 bits per heavy atom. The van der Waals surface area contributed by atoms with Gasteiger partial charge in [-0.2, -0.15) is 0 Å². The lowest BCUT2D eigenvalue weighted by Gasteiger charge is -2.17. The molecule has 2 atom stereocenters. The predicted octanol–water partition coefficient (Wildman–Crippen LogP) is 3.73. The molecule has 0 radical (unpaired) electrons. The van der Waals surface area contributed by atoms with Crippen LogP contribution >= 0.6 is 23.1 Å². The minimum atomic E-state index is -0.827. The van der Waals surface area contributed by atoms with E-state index in [0.29, 0.717) is 12.0 Å². The largest absolute Gasteiger partial charge is 0.481 e. The number of hydrogen-bond acceptors (Lipinski definition) is 5. The minimum absolute atomic E-state index is 0.204. The van der Waals surface area contributed by atoms with E-state index < -0.39 is 11.9 Å². The Morgan fingerprint density at radius 2 is 2.08 bits per heavy atom. The second-order valence-electron chi connectivity index (χ2n) is 6.13. The molecule has 1 fully saturated rings. The number of nitrogens with zero attached hydrogens (tertiary/aromatic N) is 1. The first-order valence-corrected chi connectivity index (χ1v) is 10.1. The van der Waals surface area contributed by atoms with Crippen LogP contribution in [0.2, 0.25) is 0 Å². The van der Waals surface area contributed by atoms with Crippen LogP contribution in [0.1, 0.15) is 40.3 Å². The van der Waals surface area contributed by atoms with Gasteiger partial charge < -0.3 is 10.4 Å². The van der Waals surface area contributed by atoms with Crippen LogP contribution in [0, 0.1) is 12.8 Å². The number of nitrogens with one attached hydrogen (secondary N) is 1. The number of carboxylic acids is 1. The molecule has 0 bridgehead atoms. The molecule has 0 saturated heterocycles. The highest BCUT2D eigenvalue weighted by Gasteiger charge is 2.33. The number of hydrogen-bond donors (Lipinski definition) is 2. The van der Waals surface area contributed by atoms with Gasteiger partial charge in [0.15, 0.2) is 0 Å². The van der Waals surface area contributed by atoms with E-state index in [1.54, 1.807) is 35.2 Å². The van der Waals surface area contributed by atoms with Gasteiger partial charge in [-0.1, -0.05) is 6.42 Å². The van der Waals surface area contributed by atoms with Crippen LogP contribution < -0.4 is 5.32 Å². The zero-order valence-corrected chi connectivity index (χ0v) is 15.5. The molecule has 2 aromatic rings.